The van der Waals surface area contributed by atoms with Gasteiger partial charge in [0.1, 0.15) is 6.10 Å². The number of carbonyl (C=O) groups is 1. The van der Waals surface area contributed by atoms with Gasteiger partial charge in [-0.1, -0.05) is 48.2 Å². The zero-order chi connectivity index (χ0) is 26.6. The lowest BCUT2D eigenvalue weighted by molar-refractivity contribution is -0.125. The fourth-order valence-corrected chi connectivity index (χ4v) is 4.23. The van der Waals surface area contributed by atoms with Crippen LogP contribution in [0.1, 0.15) is 46.8 Å². The van der Waals surface area contributed by atoms with E-state index in [1.54, 1.807) is 0 Å². The maximum Gasteiger partial charge on any atom is 0.222 e. The van der Waals surface area contributed by atoms with Gasteiger partial charge in [0, 0.05) is 31.5 Å². The number of rotatable bonds is 12. The Balaban J connectivity index is 1.47. The number of amides is 1. The second kappa shape index (κ2) is 14.5. The summed E-state index contributed by atoms with van der Waals surface area (Å²) in [6, 6.07) is 13.8. The van der Waals surface area contributed by atoms with Crippen molar-refractivity contribution in [3.63, 3.8) is 0 Å². The zero-order valence-corrected chi connectivity index (χ0v) is 21.4. The Morgan fingerprint density at radius 3 is 2.65 bits per heavy atom. The Morgan fingerprint density at radius 1 is 1.19 bits per heavy atom. The molecule has 3 N–H and O–H groups in total. The number of benzene rings is 2. The van der Waals surface area contributed by atoms with Crippen LogP contribution in [0.3, 0.4) is 0 Å². The minimum absolute atomic E-state index is 0.0432. The lowest BCUT2D eigenvalue weighted by atomic mass is 9.92. The largest absolute Gasteiger partial charge is 0.391 e. The molecule has 0 aromatic heterocycles. The highest BCUT2D eigenvalue weighted by Crippen LogP contribution is 2.30. The van der Waals surface area contributed by atoms with E-state index < -0.39 is 18.3 Å². The molecule has 1 heterocycles. The highest BCUT2D eigenvalue weighted by atomic mass is 16.5. The standard InChI is InChI=1S/C30H36N2O5/c1-4-14-32(3)15-13-31-29(35)12-16-36-20-23-8-6-22(7-9-23)17-26-18-25(11-10-24(26)5-2)30-28(34)19-27(33)21-37-30/h1-2,6-11,18,27-28,30,33-34H,12-17,19-21H2,3H3,(H,31,35)/t27-,28+,30-/m0/s1. The molecule has 1 saturated heterocycles. The number of hydrogen-bond donors (Lipinski definition) is 3. The van der Waals surface area contributed by atoms with Gasteiger partial charge >= 0.3 is 0 Å². The first-order valence-corrected chi connectivity index (χ1v) is 12.5. The van der Waals surface area contributed by atoms with Crippen LogP contribution in [-0.4, -0.2) is 73.1 Å². The predicted molar refractivity (Wildman–Crippen MR) is 143 cm³/mol. The fourth-order valence-electron chi connectivity index (χ4n) is 4.23. The summed E-state index contributed by atoms with van der Waals surface area (Å²) in [6.07, 6.45) is 10.3. The monoisotopic (exact) mass is 504 g/mol. The van der Waals surface area contributed by atoms with Crippen molar-refractivity contribution < 1.29 is 24.5 Å². The maximum absolute atomic E-state index is 11.9. The molecule has 3 rings (SSSR count). The third-order valence-corrected chi connectivity index (χ3v) is 6.28. The number of likely N-dealkylation sites (N-methyl/N-ethyl adjacent to an activating group) is 1. The minimum Gasteiger partial charge on any atom is -0.391 e. The maximum atomic E-state index is 11.9. The molecule has 7 nitrogen and oxygen atoms in total. The first-order chi connectivity index (χ1) is 17.9. The molecule has 0 radical (unpaired) electrons. The Morgan fingerprint density at radius 2 is 1.95 bits per heavy atom. The Bertz CT molecular complexity index is 1100. The van der Waals surface area contributed by atoms with Crippen LogP contribution in [0.15, 0.2) is 42.5 Å². The van der Waals surface area contributed by atoms with E-state index in [-0.39, 0.29) is 18.9 Å². The average molecular weight is 505 g/mol. The number of terminal acetylenes is 2. The highest BCUT2D eigenvalue weighted by molar-refractivity contribution is 5.75. The molecule has 2 aromatic carbocycles. The van der Waals surface area contributed by atoms with E-state index in [0.717, 1.165) is 27.8 Å². The number of aliphatic hydroxyl groups is 2. The first-order valence-electron chi connectivity index (χ1n) is 12.5. The van der Waals surface area contributed by atoms with Gasteiger partial charge in [0.15, 0.2) is 0 Å². The van der Waals surface area contributed by atoms with Crippen LogP contribution in [0, 0.1) is 24.7 Å². The van der Waals surface area contributed by atoms with Crippen molar-refractivity contribution in [3.05, 3.63) is 70.3 Å². The van der Waals surface area contributed by atoms with Gasteiger partial charge in [-0.2, -0.15) is 0 Å². The SMILES string of the molecule is C#CCN(C)CCNC(=O)CCOCc1ccc(Cc2cc([C@@H]3OC[C@@H](O)C[C@H]3O)ccc2C#C)cc1. The van der Waals surface area contributed by atoms with Gasteiger partial charge in [0.25, 0.3) is 0 Å². The molecule has 1 amide bonds. The molecule has 37 heavy (non-hydrogen) atoms. The molecular weight excluding hydrogens is 468 g/mol. The highest BCUT2D eigenvalue weighted by Gasteiger charge is 2.30. The minimum atomic E-state index is -0.765. The number of hydrogen-bond acceptors (Lipinski definition) is 6. The third-order valence-electron chi connectivity index (χ3n) is 6.28. The van der Waals surface area contributed by atoms with Crippen molar-refractivity contribution in [2.24, 2.45) is 0 Å². The molecule has 1 aliphatic heterocycles. The smallest absolute Gasteiger partial charge is 0.222 e. The summed E-state index contributed by atoms with van der Waals surface area (Å²) in [7, 11) is 1.91. The van der Waals surface area contributed by atoms with Gasteiger partial charge < -0.3 is 25.0 Å². The van der Waals surface area contributed by atoms with Crippen LogP contribution in [0.25, 0.3) is 0 Å². The molecule has 0 saturated carbocycles. The van der Waals surface area contributed by atoms with Gasteiger partial charge in [-0.25, -0.2) is 0 Å². The van der Waals surface area contributed by atoms with E-state index in [9.17, 15) is 15.0 Å². The van der Waals surface area contributed by atoms with Gasteiger partial charge in [0.05, 0.1) is 38.6 Å². The zero-order valence-electron chi connectivity index (χ0n) is 21.4. The van der Waals surface area contributed by atoms with E-state index in [2.05, 4.69) is 17.2 Å². The molecule has 0 unspecified atom stereocenters. The number of nitrogens with zero attached hydrogens (tertiary/aromatic N) is 1. The summed E-state index contributed by atoms with van der Waals surface area (Å²) < 4.78 is 11.4. The van der Waals surface area contributed by atoms with E-state index in [1.165, 1.54) is 0 Å². The summed E-state index contributed by atoms with van der Waals surface area (Å²) in [5.41, 5.74) is 4.72. The predicted octanol–water partition coefficient (Wildman–Crippen LogP) is 2.03. The van der Waals surface area contributed by atoms with Crippen LogP contribution in [-0.2, 0) is 27.3 Å². The van der Waals surface area contributed by atoms with Crippen LogP contribution in [0.4, 0.5) is 0 Å². The van der Waals surface area contributed by atoms with Gasteiger partial charge in [-0.15, -0.1) is 12.8 Å². The fraction of sp³-hybridized carbons (Fsp3) is 0.433. The molecule has 3 atom stereocenters. The molecule has 0 spiro atoms. The third kappa shape index (κ3) is 9.02. The lowest BCUT2D eigenvalue weighted by Crippen LogP contribution is -2.35. The summed E-state index contributed by atoms with van der Waals surface area (Å²) >= 11 is 0. The Kier molecular flexibility index (Phi) is 11.2. The van der Waals surface area contributed by atoms with Crippen LogP contribution >= 0.6 is 0 Å². The van der Waals surface area contributed by atoms with Crippen molar-refractivity contribution in [2.45, 2.75) is 44.2 Å². The molecule has 1 aliphatic rings. The second-order valence-corrected chi connectivity index (χ2v) is 9.36. The Labute approximate surface area is 219 Å². The van der Waals surface area contributed by atoms with Crippen molar-refractivity contribution in [3.8, 4) is 24.7 Å². The summed E-state index contributed by atoms with van der Waals surface area (Å²) in [6.45, 7) is 2.79. The van der Waals surface area contributed by atoms with E-state index in [1.807, 2.05) is 54.4 Å². The van der Waals surface area contributed by atoms with Crippen LogP contribution < -0.4 is 5.32 Å². The van der Waals surface area contributed by atoms with Crippen LogP contribution in [0.5, 0.6) is 0 Å². The van der Waals surface area contributed by atoms with Crippen molar-refractivity contribution >= 4 is 5.91 Å². The lowest BCUT2D eigenvalue weighted by Gasteiger charge is -2.31. The number of carbonyl (C=O) groups excluding carboxylic acids is 1. The molecule has 0 aliphatic carbocycles. The van der Waals surface area contributed by atoms with Gasteiger partial charge in [0.2, 0.25) is 5.91 Å². The summed E-state index contributed by atoms with van der Waals surface area (Å²) in [5.74, 6) is 5.26. The van der Waals surface area contributed by atoms with Crippen molar-refractivity contribution in [1.29, 1.82) is 0 Å². The van der Waals surface area contributed by atoms with Crippen molar-refractivity contribution in [1.82, 2.24) is 10.2 Å². The molecule has 7 heteroatoms. The summed E-state index contributed by atoms with van der Waals surface area (Å²) in [5, 5.41) is 22.9. The van der Waals surface area contributed by atoms with E-state index >= 15 is 0 Å². The average Bonchev–Trinajstić information content (AvgIpc) is 2.88. The quantitative estimate of drug-likeness (QED) is 0.303. The molecule has 1 fully saturated rings. The Hall–Kier alpha value is -3.17. The van der Waals surface area contributed by atoms with E-state index in [4.69, 9.17) is 22.3 Å². The molecule has 2 aromatic rings. The van der Waals surface area contributed by atoms with Gasteiger partial charge in [-0.05, 0) is 41.8 Å². The van der Waals surface area contributed by atoms with E-state index in [0.29, 0.717) is 45.7 Å². The number of nitrogens with one attached hydrogen (secondary N) is 1. The molecule has 196 valence electrons. The van der Waals surface area contributed by atoms with Gasteiger partial charge in [-0.3, -0.25) is 9.69 Å². The normalized spacial score (nSPS) is 19.2. The first kappa shape index (κ1) is 28.4. The number of ether oxygens (including phenoxy) is 2. The number of aliphatic hydroxyl groups excluding tert-OH is 2. The molecule has 0 bridgehead atoms. The molecular formula is C30H36N2O5. The van der Waals surface area contributed by atoms with Crippen LogP contribution in [0.2, 0.25) is 0 Å². The second-order valence-electron chi connectivity index (χ2n) is 9.36. The topological polar surface area (TPSA) is 91.3 Å². The van der Waals surface area contributed by atoms with Crippen molar-refractivity contribution in [2.75, 3.05) is 39.9 Å². The summed E-state index contributed by atoms with van der Waals surface area (Å²) in [4.78, 5) is 13.9.